The predicted molar refractivity (Wildman–Crippen MR) is 125 cm³/mol. The second-order valence-electron chi connectivity index (χ2n) is 6.31. The SMILES string of the molecule is CCNC(=NCCNC(=O)Cc1cccc(F)c1)N(C)CC(=O)N(CC)CC.I. The van der Waals surface area contributed by atoms with Gasteiger partial charge in [-0.2, -0.15) is 0 Å². The van der Waals surface area contributed by atoms with Crippen molar-refractivity contribution in [2.24, 2.45) is 4.99 Å². The molecule has 0 radical (unpaired) electrons. The van der Waals surface area contributed by atoms with E-state index in [0.29, 0.717) is 44.2 Å². The van der Waals surface area contributed by atoms with Crippen LogP contribution in [0.15, 0.2) is 29.3 Å². The minimum atomic E-state index is -0.354. The normalized spacial score (nSPS) is 10.7. The first kappa shape index (κ1) is 27.1. The number of nitrogens with zero attached hydrogens (tertiary/aromatic N) is 3. The summed E-state index contributed by atoms with van der Waals surface area (Å²) in [4.78, 5) is 32.2. The van der Waals surface area contributed by atoms with Crippen LogP contribution in [-0.2, 0) is 16.0 Å². The standard InChI is InChI=1S/C20H32FN5O2.HI/c1-5-22-20(25(4)15-19(28)26(6-2)7-3)24-12-11-23-18(27)14-16-9-8-10-17(21)13-16;/h8-10,13H,5-7,11-12,14-15H2,1-4H3,(H,22,24)(H,23,27);1H. The third-order valence-corrected chi connectivity index (χ3v) is 4.13. The zero-order valence-electron chi connectivity index (χ0n) is 17.7. The summed E-state index contributed by atoms with van der Waals surface area (Å²) in [6.45, 7) is 8.86. The highest BCUT2D eigenvalue weighted by Gasteiger charge is 2.14. The van der Waals surface area contributed by atoms with E-state index in [1.807, 2.05) is 27.8 Å². The summed E-state index contributed by atoms with van der Waals surface area (Å²) >= 11 is 0. The zero-order valence-corrected chi connectivity index (χ0v) is 20.0. The van der Waals surface area contributed by atoms with E-state index in [1.165, 1.54) is 12.1 Å². The van der Waals surface area contributed by atoms with Gasteiger partial charge in [0.1, 0.15) is 5.82 Å². The molecule has 7 nitrogen and oxygen atoms in total. The van der Waals surface area contributed by atoms with Gasteiger partial charge in [0.05, 0.1) is 19.5 Å². The number of hydrogen-bond acceptors (Lipinski definition) is 3. The van der Waals surface area contributed by atoms with Crippen LogP contribution in [0.25, 0.3) is 0 Å². The Kier molecular flexibility index (Phi) is 14.0. The second-order valence-corrected chi connectivity index (χ2v) is 6.31. The molecule has 9 heteroatoms. The first-order valence-electron chi connectivity index (χ1n) is 9.69. The first-order valence-corrected chi connectivity index (χ1v) is 9.69. The molecule has 0 aliphatic heterocycles. The Labute approximate surface area is 190 Å². The van der Waals surface area contributed by atoms with Gasteiger partial charge in [-0.1, -0.05) is 12.1 Å². The fourth-order valence-corrected chi connectivity index (χ4v) is 2.68. The van der Waals surface area contributed by atoms with Gasteiger partial charge in [-0.25, -0.2) is 4.39 Å². The Morgan fingerprint density at radius 2 is 1.83 bits per heavy atom. The molecule has 29 heavy (non-hydrogen) atoms. The lowest BCUT2D eigenvalue weighted by Gasteiger charge is -2.25. The van der Waals surface area contributed by atoms with Crippen LogP contribution in [0.4, 0.5) is 4.39 Å². The lowest BCUT2D eigenvalue weighted by Crippen LogP contribution is -2.46. The number of hydrogen-bond donors (Lipinski definition) is 2. The van der Waals surface area contributed by atoms with E-state index in [2.05, 4.69) is 15.6 Å². The Balaban J connectivity index is 0.00000784. The van der Waals surface area contributed by atoms with Gasteiger partial charge in [0.2, 0.25) is 11.8 Å². The molecule has 0 fully saturated rings. The molecule has 0 saturated carbocycles. The third-order valence-electron chi connectivity index (χ3n) is 4.13. The summed E-state index contributed by atoms with van der Waals surface area (Å²) in [5.41, 5.74) is 0.629. The van der Waals surface area contributed by atoms with Crippen molar-refractivity contribution in [2.75, 3.05) is 46.3 Å². The number of amides is 2. The minimum Gasteiger partial charge on any atom is -0.357 e. The maximum Gasteiger partial charge on any atom is 0.242 e. The van der Waals surface area contributed by atoms with E-state index in [-0.39, 0.29) is 54.6 Å². The summed E-state index contributed by atoms with van der Waals surface area (Å²) in [7, 11) is 1.81. The van der Waals surface area contributed by atoms with Gasteiger partial charge < -0.3 is 20.4 Å². The zero-order chi connectivity index (χ0) is 20.9. The number of rotatable bonds is 10. The Morgan fingerprint density at radius 3 is 2.41 bits per heavy atom. The summed E-state index contributed by atoms with van der Waals surface area (Å²) < 4.78 is 13.2. The highest BCUT2D eigenvalue weighted by atomic mass is 127. The smallest absolute Gasteiger partial charge is 0.242 e. The largest absolute Gasteiger partial charge is 0.357 e. The molecule has 0 saturated heterocycles. The monoisotopic (exact) mass is 521 g/mol. The van der Waals surface area contributed by atoms with Gasteiger partial charge in [0.25, 0.3) is 0 Å². The van der Waals surface area contributed by atoms with Crippen LogP contribution in [0.5, 0.6) is 0 Å². The first-order chi connectivity index (χ1) is 13.4. The molecule has 1 rings (SSSR count). The van der Waals surface area contributed by atoms with Crippen LogP contribution in [-0.4, -0.2) is 73.9 Å². The fraction of sp³-hybridized carbons (Fsp3) is 0.550. The van der Waals surface area contributed by atoms with Crippen molar-refractivity contribution >= 4 is 41.8 Å². The van der Waals surface area contributed by atoms with Gasteiger partial charge in [-0.05, 0) is 38.5 Å². The summed E-state index contributed by atoms with van der Waals surface area (Å²) in [6.07, 6.45) is 0.125. The van der Waals surface area contributed by atoms with E-state index in [4.69, 9.17) is 0 Å². The van der Waals surface area contributed by atoms with Crippen molar-refractivity contribution in [1.82, 2.24) is 20.4 Å². The average molecular weight is 521 g/mol. The summed E-state index contributed by atoms with van der Waals surface area (Å²) in [5.74, 6) is 0.118. The molecular formula is C20H33FIN5O2. The van der Waals surface area contributed by atoms with Gasteiger partial charge in [-0.3, -0.25) is 14.6 Å². The second kappa shape index (κ2) is 15.0. The molecule has 0 unspecified atom stereocenters. The van der Waals surface area contributed by atoms with Crippen molar-refractivity contribution in [1.29, 1.82) is 0 Å². The summed E-state index contributed by atoms with van der Waals surface area (Å²) in [5, 5.41) is 5.92. The maximum absolute atomic E-state index is 13.2. The van der Waals surface area contributed by atoms with Gasteiger partial charge in [0.15, 0.2) is 5.96 Å². The molecule has 0 aliphatic carbocycles. The van der Waals surface area contributed by atoms with E-state index >= 15 is 0 Å². The lowest BCUT2D eigenvalue weighted by molar-refractivity contribution is -0.131. The highest BCUT2D eigenvalue weighted by molar-refractivity contribution is 14.0. The van der Waals surface area contributed by atoms with Crippen molar-refractivity contribution in [3.63, 3.8) is 0 Å². The Bertz CT molecular complexity index is 668. The number of guanidine groups is 1. The molecular weight excluding hydrogens is 488 g/mol. The molecule has 0 spiro atoms. The number of halogens is 2. The topological polar surface area (TPSA) is 77.0 Å². The molecule has 2 N–H and O–H groups in total. The third kappa shape index (κ3) is 10.4. The van der Waals surface area contributed by atoms with Gasteiger partial charge in [-0.15, -0.1) is 24.0 Å². The number of aliphatic imine (C=N–C) groups is 1. The summed E-state index contributed by atoms with van der Waals surface area (Å²) in [6, 6.07) is 5.99. The van der Waals surface area contributed by atoms with Gasteiger partial charge >= 0.3 is 0 Å². The molecule has 0 heterocycles. The predicted octanol–water partition coefficient (Wildman–Crippen LogP) is 1.87. The number of likely N-dealkylation sites (N-methyl/N-ethyl adjacent to an activating group) is 2. The van der Waals surface area contributed by atoms with Crippen LogP contribution in [0.3, 0.4) is 0 Å². The van der Waals surface area contributed by atoms with Crippen LogP contribution in [0.2, 0.25) is 0 Å². The van der Waals surface area contributed by atoms with Crippen LogP contribution in [0.1, 0.15) is 26.3 Å². The molecule has 1 aromatic carbocycles. The maximum atomic E-state index is 13.2. The Morgan fingerprint density at radius 1 is 1.14 bits per heavy atom. The Hall–Kier alpha value is -1.91. The van der Waals surface area contributed by atoms with Crippen molar-refractivity contribution < 1.29 is 14.0 Å². The molecule has 0 bridgehead atoms. The molecule has 164 valence electrons. The van der Waals surface area contributed by atoms with E-state index in [0.717, 1.165) is 0 Å². The van der Waals surface area contributed by atoms with Crippen LogP contribution in [0, 0.1) is 5.82 Å². The van der Waals surface area contributed by atoms with Gasteiger partial charge in [0, 0.05) is 33.2 Å². The number of benzene rings is 1. The van der Waals surface area contributed by atoms with E-state index < -0.39 is 0 Å². The minimum absolute atomic E-state index is 0. The molecule has 0 aromatic heterocycles. The quantitative estimate of drug-likeness (QED) is 0.213. The molecule has 1 aromatic rings. The lowest BCUT2D eigenvalue weighted by atomic mass is 10.1. The fourth-order valence-electron chi connectivity index (χ4n) is 2.68. The highest BCUT2D eigenvalue weighted by Crippen LogP contribution is 2.04. The van der Waals surface area contributed by atoms with Crippen molar-refractivity contribution in [3.05, 3.63) is 35.6 Å². The number of carbonyl (C=O) groups excluding carboxylic acids is 2. The van der Waals surface area contributed by atoms with Crippen LogP contribution >= 0.6 is 24.0 Å². The molecule has 0 atom stereocenters. The van der Waals surface area contributed by atoms with Crippen LogP contribution < -0.4 is 10.6 Å². The van der Waals surface area contributed by atoms with Crippen molar-refractivity contribution in [3.8, 4) is 0 Å². The number of carbonyl (C=O) groups is 2. The van der Waals surface area contributed by atoms with E-state index in [1.54, 1.807) is 21.9 Å². The van der Waals surface area contributed by atoms with Crippen molar-refractivity contribution in [2.45, 2.75) is 27.2 Å². The molecule has 2 amide bonds. The molecule has 0 aliphatic rings. The van der Waals surface area contributed by atoms with E-state index in [9.17, 15) is 14.0 Å². The average Bonchev–Trinajstić information content (AvgIpc) is 2.65. The number of nitrogens with one attached hydrogen (secondary N) is 2.